The number of hydrogen-bond donors (Lipinski definition) is 0. The Bertz CT molecular complexity index is 1530. The van der Waals surface area contributed by atoms with Gasteiger partial charge in [-0.15, -0.1) is 0 Å². The molecular weight excluding hydrogens is 484 g/mol. The Morgan fingerprint density at radius 3 is 0.950 bits per heavy atom. The summed E-state index contributed by atoms with van der Waals surface area (Å²) >= 11 is 0. The predicted octanol–water partition coefficient (Wildman–Crippen LogP) is 10.8. The summed E-state index contributed by atoms with van der Waals surface area (Å²) in [7, 11) is 0. The highest BCUT2D eigenvalue weighted by Gasteiger charge is 2.28. The standard InChI is InChI=1S/C38H30N2/c1-28-37-26-33(39(29-14-6-2-7-15-29)30-16-8-3-9-17-30)22-24-35(37)36-25-23-34(27-38(28)36)40(31-18-10-4-11-19-31)32-20-12-5-13-21-32/h2-28H,1H3. The van der Waals surface area contributed by atoms with Crippen LogP contribution < -0.4 is 9.80 Å². The first-order chi connectivity index (χ1) is 19.8. The monoisotopic (exact) mass is 514 g/mol. The zero-order valence-electron chi connectivity index (χ0n) is 22.5. The van der Waals surface area contributed by atoms with Gasteiger partial charge in [-0.1, -0.05) is 91.9 Å². The highest BCUT2D eigenvalue weighted by molar-refractivity contribution is 5.87. The Morgan fingerprint density at radius 2 is 0.650 bits per heavy atom. The van der Waals surface area contributed by atoms with E-state index in [4.69, 9.17) is 0 Å². The van der Waals surface area contributed by atoms with Crippen LogP contribution in [0.2, 0.25) is 0 Å². The van der Waals surface area contributed by atoms with Crippen molar-refractivity contribution < 1.29 is 0 Å². The van der Waals surface area contributed by atoms with Gasteiger partial charge in [0.15, 0.2) is 0 Å². The smallest absolute Gasteiger partial charge is 0.0465 e. The number of nitrogens with zero attached hydrogens (tertiary/aromatic N) is 2. The number of para-hydroxylation sites is 4. The molecule has 0 radical (unpaired) electrons. The molecule has 0 N–H and O–H groups in total. The molecule has 7 rings (SSSR count). The van der Waals surface area contributed by atoms with Gasteiger partial charge < -0.3 is 9.80 Å². The van der Waals surface area contributed by atoms with Crippen LogP contribution in [0.5, 0.6) is 0 Å². The molecule has 0 unspecified atom stereocenters. The molecular formula is C38H30N2. The molecule has 1 aliphatic rings. The topological polar surface area (TPSA) is 6.48 Å². The van der Waals surface area contributed by atoms with E-state index in [-0.39, 0.29) is 5.92 Å². The van der Waals surface area contributed by atoms with Crippen molar-refractivity contribution in [2.75, 3.05) is 9.80 Å². The summed E-state index contributed by atoms with van der Waals surface area (Å²) in [5.41, 5.74) is 12.3. The summed E-state index contributed by atoms with van der Waals surface area (Å²) in [5.74, 6) is 0.284. The molecule has 1 aliphatic carbocycles. The number of anilines is 6. The van der Waals surface area contributed by atoms with Crippen molar-refractivity contribution in [3.8, 4) is 11.1 Å². The largest absolute Gasteiger partial charge is 0.310 e. The number of rotatable bonds is 6. The van der Waals surface area contributed by atoms with Crippen molar-refractivity contribution in [1.29, 1.82) is 0 Å². The van der Waals surface area contributed by atoms with E-state index in [0.29, 0.717) is 0 Å². The number of hydrogen-bond acceptors (Lipinski definition) is 2. The van der Waals surface area contributed by atoms with Gasteiger partial charge in [-0.25, -0.2) is 0 Å². The van der Waals surface area contributed by atoms with Crippen LogP contribution in [0.3, 0.4) is 0 Å². The van der Waals surface area contributed by atoms with Crippen LogP contribution in [0, 0.1) is 0 Å². The van der Waals surface area contributed by atoms with Crippen LogP contribution in [0.25, 0.3) is 11.1 Å². The van der Waals surface area contributed by atoms with E-state index < -0.39 is 0 Å². The molecule has 0 spiro atoms. The van der Waals surface area contributed by atoms with E-state index in [0.717, 1.165) is 22.7 Å². The molecule has 0 saturated heterocycles. The normalized spacial score (nSPS) is 12.0. The Morgan fingerprint density at radius 1 is 0.350 bits per heavy atom. The molecule has 2 heteroatoms. The fraction of sp³-hybridized carbons (Fsp3) is 0.0526. The van der Waals surface area contributed by atoms with Crippen molar-refractivity contribution in [3.63, 3.8) is 0 Å². The summed E-state index contributed by atoms with van der Waals surface area (Å²) in [5, 5.41) is 0. The van der Waals surface area contributed by atoms with E-state index in [1.165, 1.54) is 33.6 Å². The van der Waals surface area contributed by atoms with E-state index >= 15 is 0 Å². The highest BCUT2D eigenvalue weighted by atomic mass is 15.1. The lowest BCUT2D eigenvalue weighted by Gasteiger charge is -2.26. The van der Waals surface area contributed by atoms with Crippen LogP contribution >= 0.6 is 0 Å². The molecule has 40 heavy (non-hydrogen) atoms. The van der Waals surface area contributed by atoms with Crippen LogP contribution in [-0.2, 0) is 0 Å². The van der Waals surface area contributed by atoms with Gasteiger partial charge in [0.2, 0.25) is 0 Å². The molecule has 0 aromatic heterocycles. The van der Waals surface area contributed by atoms with Crippen LogP contribution in [0.1, 0.15) is 24.0 Å². The van der Waals surface area contributed by atoms with Gasteiger partial charge in [-0.3, -0.25) is 0 Å². The number of benzene rings is 6. The maximum absolute atomic E-state index is 2.38. The summed E-state index contributed by atoms with van der Waals surface area (Å²) in [6.45, 7) is 2.34. The van der Waals surface area contributed by atoms with Gasteiger partial charge in [-0.05, 0) is 95.1 Å². The Hall–Kier alpha value is -5.08. The van der Waals surface area contributed by atoms with Crippen molar-refractivity contribution in [1.82, 2.24) is 0 Å². The van der Waals surface area contributed by atoms with E-state index in [1.807, 2.05) is 0 Å². The summed E-state index contributed by atoms with van der Waals surface area (Å²) in [6.07, 6.45) is 0. The Kier molecular flexibility index (Phi) is 6.14. The average molecular weight is 515 g/mol. The van der Waals surface area contributed by atoms with Gasteiger partial charge in [0, 0.05) is 40.0 Å². The van der Waals surface area contributed by atoms with Crippen LogP contribution in [0.4, 0.5) is 34.1 Å². The van der Waals surface area contributed by atoms with Gasteiger partial charge >= 0.3 is 0 Å². The maximum Gasteiger partial charge on any atom is 0.0465 e. The quantitative estimate of drug-likeness (QED) is 0.218. The molecule has 6 aromatic carbocycles. The van der Waals surface area contributed by atoms with Crippen LogP contribution in [0.15, 0.2) is 158 Å². The molecule has 2 nitrogen and oxygen atoms in total. The highest BCUT2D eigenvalue weighted by Crippen LogP contribution is 2.49. The second-order valence-corrected chi connectivity index (χ2v) is 10.3. The summed E-state index contributed by atoms with van der Waals surface area (Å²) in [4.78, 5) is 4.68. The Labute approximate surface area is 236 Å². The lowest BCUT2D eigenvalue weighted by Crippen LogP contribution is -2.10. The first-order valence-electron chi connectivity index (χ1n) is 13.9. The molecule has 0 atom stereocenters. The minimum absolute atomic E-state index is 0.284. The van der Waals surface area contributed by atoms with Gasteiger partial charge in [-0.2, -0.15) is 0 Å². The second kappa shape index (κ2) is 10.2. The van der Waals surface area contributed by atoms with Crippen molar-refractivity contribution in [2.24, 2.45) is 0 Å². The molecule has 6 aromatic rings. The molecule has 0 bridgehead atoms. The zero-order chi connectivity index (χ0) is 26.9. The molecule has 0 heterocycles. The maximum atomic E-state index is 2.38. The van der Waals surface area contributed by atoms with E-state index in [1.54, 1.807) is 0 Å². The molecule has 192 valence electrons. The lowest BCUT2D eigenvalue weighted by atomic mass is 9.98. The first-order valence-corrected chi connectivity index (χ1v) is 13.9. The third-order valence-corrected chi connectivity index (χ3v) is 7.87. The van der Waals surface area contributed by atoms with Crippen LogP contribution in [-0.4, -0.2) is 0 Å². The molecule has 0 amide bonds. The van der Waals surface area contributed by atoms with Gasteiger partial charge in [0.05, 0.1) is 0 Å². The summed E-state index contributed by atoms with van der Waals surface area (Å²) in [6, 6.07) is 56.4. The van der Waals surface area contributed by atoms with Gasteiger partial charge in [0.25, 0.3) is 0 Å². The van der Waals surface area contributed by atoms with E-state index in [9.17, 15) is 0 Å². The number of fused-ring (bicyclic) bond motifs is 3. The molecule has 0 fully saturated rings. The van der Waals surface area contributed by atoms with E-state index in [2.05, 4.69) is 174 Å². The fourth-order valence-electron chi connectivity index (χ4n) is 5.96. The summed E-state index contributed by atoms with van der Waals surface area (Å²) < 4.78 is 0. The Balaban J connectivity index is 1.31. The third kappa shape index (κ3) is 4.24. The average Bonchev–Trinajstić information content (AvgIpc) is 3.30. The van der Waals surface area contributed by atoms with Crippen molar-refractivity contribution in [3.05, 3.63) is 169 Å². The first kappa shape index (κ1) is 24.0. The molecule has 0 aliphatic heterocycles. The second-order valence-electron chi connectivity index (χ2n) is 10.3. The zero-order valence-corrected chi connectivity index (χ0v) is 22.5. The minimum Gasteiger partial charge on any atom is -0.310 e. The SMILES string of the molecule is CC1c2cc(N(c3ccccc3)c3ccccc3)ccc2-c2ccc(N(c3ccccc3)c3ccccc3)cc21. The van der Waals surface area contributed by atoms with Crippen molar-refractivity contribution >= 4 is 34.1 Å². The predicted molar refractivity (Wildman–Crippen MR) is 169 cm³/mol. The lowest BCUT2D eigenvalue weighted by molar-refractivity contribution is 0.955. The third-order valence-electron chi connectivity index (χ3n) is 7.87. The van der Waals surface area contributed by atoms with Gasteiger partial charge in [0.1, 0.15) is 0 Å². The van der Waals surface area contributed by atoms with Crippen molar-refractivity contribution in [2.45, 2.75) is 12.8 Å². The molecule has 0 saturated carbocycles. The minimum atomic E-state index is 0.284. The fourth-order valence-corrected chi connectivity index (χ4v) is 5.96.